The van der Waals surface area contributed by atoms with Crippen LogP contribution in [0.15, 0.2) is 54.9 Å². The van der Waals surface area contributed by atoms with Gasteiger partial charge >= 0.3 is 0 Å². The zero-order chi connectivity index (χ0) is 17.1. The average molecular weight is 378 g/mol. The highest BCUT2D eigenvalue weighted by atomic mass is 35.5. The first kappa shape index (κ1) is 16.9. The van der Waals surface area contributed by atoms with E-state index in [9.17, 15) is 0 Å². The lowest BCUT2D eigenvalue weighted by atomic mass is 9.83. The maximum absolute atomic E-state index is 3.67. The maximum atomic E-state index is 3.67. The molecular weight excluding hydrogens is 354 g/mol. The lowest BCUT2D eigenvalue weighted by molar-refractivity contribution is 0.626. The molecule has 2 aromatic heterocycles. The first-order valence-corrected chi connectivity index (χ1v) is 9.77. The van der Waals surface area contributed by atoms with Crippen molar-refractivity contribution in [3.8, 4) is 0 Å². The van der Waals surface area contributed by atoms with Crippen molar-refractivity contribution in [2.24, 2.45) is 0 Å². The normalized spacial score (nSPS) is 21.6. The van der Waals surface area contributed by atoms with Crippen LogP contribution in [0.5, 0.6) is 0 Å². The third-order valence-corrected chi connectivity index (χ3v) is 6.49. The first-order chi connectivity index (χ1) is 12.9. The van der Waals surface area contributed by atoms with Crippen LogP contribution < -0.4 is 5.32 Å². The Bertz CT molecular complexity index is 1120. The highest BCUT2D eigenvalue weighted by molar-refractivity contribution is 5.89. The van der Waals surface area contributed by atoms with Crippen molar-refractivity contribution in [2.45, 2.75) is 31.2 Å². The van der Waals surface area contributed by atoms with Gasteiger partial charge in [-0.1, -0.05) is 36.4 Å². The summed E-state index contributed by atoms with van der Waals surface area (Å²) in [6, 6.07) is 15.6. The van der Waals surface area contributed by atoms with Gasteiger partial charge in [-0.3, -0.25) is 0 Å². The van der Waals surface area contributed by atoms with E-state index in [0.29, 0.717) is 11.8 Å². The van der Waals surface area contributed by atoms with E-state index in [1.165, 1.54) is 51.3 Å². The van der Waals surface area contributed by atoms with Crippen molar-refractivity contribution in [3.05, 3.63) is 71.5 Å². The summed E-state index contributed by atoms with van der Waals surface area (Å²) in [5.74, 6) is 1.06. The lowest BCUT2D eigenvalue weighted by Gasteiger charge is -2.18. The van der Waals surface area contributed by atoms with Gasteiger partial charge in [-0.2, -0.15) is 0 Å². The summed E-state index contributed by atoms with van der Waals surface area (Å²) in [6.07, 6.45) is 7.16. The molecule has 4 heteroatoms. The second-order valence-corrected chi connectivity index (χ2v) is 7.86. The van der Waals surface area contributed by atoms with Gasteiger partial charge in [0.1, 0.15) is 0 Å². The number of nitrogens with one attached hydrogen (secondary N) is 2. The van der Waals surface area contributed by atoms with Crippen molar-refractivity contribution in [1.82, 2.24) is 14.9 Å². The third-order valence-electron chi connectivity index (χ3n) is 6.49. The topological polar surface area (TPSA) is 32.8 Å². The Morgan fingerprint density at radius 1 is 0.889 bits per heavy atom. The molecule has 6 rings (SSSR count). The van der Waals surface area contributed by atoms with Gasteiger partial charge in [0, 0.05) is 60.2 Å². The Balaban J connectivity index is 0.00000160. The number of aromatic amines is 1. The predicted molar refractivity (Wildman–Crippen MR) is 114 cm³/mol. The molecule has 2 atom stereocenters. The molecule has 138 valence electrons. The van der Waals surface area contributed by atoms with Crippen molar-refractivity contribution < 1.29 is 0 Å². The Morgan fingerprint density at radius 3 is 2.63 bits per heavy atom. The molecule has 4 aromatic rings. The molecule has 2 N–H and O–H groups in total. The van der Waals surface area contributed by atoms with E-state index >= 15 is 0 Å². The number of hydrogen-bond acceptors (Lipinski definition) is 1. The van der Waals surface area contributed by atoms with E-state index in [1.807, 2.05) is 0 Å². The molecule has 27 heavy (non-hydrogen) atoms. The maximum Gasteiger partial charge on any atom is 0.0515 e. The Morgan fingerprint density at radius 2 is 1.70 bits per heavy atom. The van der Waals surface area contributed by atoms with Gasteiger partial charge in [0.15, 0.2) is 0 Å². The number of aryl methyl sites for hydroxylation is 2. The molecule has 2 aliphatic rings. The van der Waals surface area contributed by atoms with Gasteiger partial charge in [-0.15, -0.1) is 12.4 Å². The molecule has 0 amide bonds. The summed E-state index contributed by atoms with van der Waals surface area (Å²) in [7, 11) is 0. The SMILES string of the molecule is Cl.c1ccc2c([C@@H]3CNC[C@H]3c3cn4c5c(cccc35)CCC4)c[nH]c2c1. The van der Waals surface area contributed by atoms with Crippen LogP contribution in [0.2, 0.25) is 0 Å². The van der Waals surface area contributed by atoms with Gasteiger partial charge in [-0.05, 0) is 35.6 Å². The van der Waals surface area contributed by atoms with Crippen LogP contribution in [-0.4, -0.2) is 22.6 Å². The average Bonchev–Trinajstić information content (AvgIpc) is 3.39. The second kappa shape index (κ2) is 6.43. The van der Waals surface area contributed by atoms with Crippen LogP contribution in [0.25, 0.3) is 21.8 Å². The lowest BCUT2D eigenvalue weighted by Crippen LogP contribution is -2.08. The van der Waals surface area contributed by atoms with E-state index in [4.69, 9.17) is 0 Å². The molecule has 0 radical (unpaired) electrons. The molecule has 1 saturated heterocycles. The highest BCUT2D eigenvalue weighted by Crippen LogP contribution is 2.43. The van der Waals surface area contributed by atoms with E-state index < -0.39 is 0 Å². The van der Waals surface area contributed by atoms with Gasteiger partial charge in [0.2, 0.25) is 0 Å². The van der Waals surface area contributed by atoms with Crippen molar-refractivity contribution >= 4 is 34.2 Å². The number of aromatic nitrogens is 2. The summed E-state index contributed by atoms with van der Waals surface area (Å²) in [6.45, 7) is 3.28. The van der Waals surface area contributed by atoms with Gasteiger partial charge < -0.3 is 14.9 Å². The van der Waals surface area contributed by atoms with Crippen LogP contribution in [0, 0.1) is 0 Å². The zero-order valence-corrected chi connectivity index (χ0v) is 16.1. The number of benzene rings is 2. The first-order valence-electron chi connectivity index (χ1n) is 9.77. The number of H-pyrrole nitrogens is 1. The fraction of sp³-hybridized carbons (Fsp3) is 0.304. The van der Waals surface area contributed by atoms with Gasteiger partial charge in [0.05, 0.1) is 5.52 Å². The van der Waals surface area contributed by atoms with Crippen molar-refractivity contribution in [1.29, 1.82) is 0 Å². The quantitative estimate of drug-likeness (QED) is 0.508. The van der Waals surface area contributed by atoms with Crippen LogP contribution in [0.1, 0.15) is 34.9 Å². The number of nitrogens with zero attached hydrogens (tertiary/aromatic N) is 1. The van der Waals surface area contributed by atoms with Crippen molar-refractivity contribution in [2.75, 3.05) is 13.1 Å². The van der Waals surface area contributed by atoms with Crippen LogP contribution >= 0.6 is 12.4 Å². The molecular formula is C23H24ClN3. The molecule has 0 aliphatic carbocycles. The van der Waals surface area contributed by atoms with Gasteiger partial charge in [-0.25, -0.2) is 0 Å². The minimum absolute atomic E-state index is 0. The number of para-hydroxylation sites is 2. The molecule has 1 fully saturated rings. The molecule has 0 bridgehead atoms. The molecule has 3 nitrogen and oxygen atoms in total. The Hall–Kier alpha value is -2.23. The largest absolute Gasteiger partial charge is 0.361 e. The van der Waals surface area contributed by atoms with E-state index in [1.54, 1.807) is 0 Å². The fourth-order valence-corrected chi connectivity index (χ4v) is 5.31. The smallest absolute Gasteiger partial charge is 0.0515 e. The Kier molecular flexibility index (Phi) is 4.03. The monoisotopic (exact) mass is 377 g/mol. The van der Waals surface area contributed by atoms with Crippen molar-refractivity contribution in [3.63, 3.8) is 0 Å². The summed E-state index contributed by atoms with van der Waals surface area (Å²) >= 11 is 0. The van der Waals surface area contributed by atoms with E-state index in [2.05, 4.69) is 69.7 Å². The van der Waals surface area contributed by atoms with E-state index in [-0.39, 0.29) is 12.4 Å². The molecule has 4 heterocycles. The van der Waals surface area contributed by atoms with Crippen LogP contribution in [0.3, 0.4) is 0 Å². The summed E-state index contributed by atoms with van der Waals surface area (Å²) in [5, 5.41) is 6.52. The number of rotatable bonds is 2. The summed E-state index contributed by atoms with van der Waals surface area (Å²) < 4.78 is 2.51. The number of fused-ring (bicyclic) bond motifs is 1. The molecule has 0 saturated carbocycles. The predicted octanol–water partition coefficient (Wildman–Crippen LogP) is 4.96. The minimum atomic E-state index is 0. The van der Waals surface area contributed by atoms with E-state index in [0.717, 1.165) is 19.6 Å². The highest BCUT2D eigenvalue weighted by Gasteiger charge is 2.33. The van der Waals surface area contributed by atoms with Crippen LogP contribution in [0.4, 0.5) is 0 Å². The van der Waals surface area contributed by atoms with Gasteiger partial charge in [0.25, 0.3) is 0 Å². The molecule has 0 spiro atoms. The second-order valence-electron chi connectivity index (χ2n) is 7.86. The summed E-state index contributed by atoms with van der Waals surface area (Å²) in [5.41, 5.74) is 7.25. The zero-order valence-electron chi connectivity index (χ0n) is 15.2. The molecule has 0 unspecified atom stereocenters. The fourth-order valence-electron chi connectivity index (χ4n) is 5.31. The third kappa shape index (κ3) is 2.45. The minimum Gasteiger partial charge on any atom is -0.361 e. The van der Waals surface area contributed by atoms with Crippen LogP contribution in [-0.2, 0) is 13.0 Å². The summed E-state index contributed by atoms with van der Waals surface area (Å²) in [4.78, 5) is 3.48. The number of hydrogen-bond donors (Lipinski definition) is 2. The standard InChI is InChI=1S/C23H23N3.ClH/c1-2-9-22-16(7-1)20(13-25-22)18-11-24-12-19(18)21-14-26-10-4-6-15-5-3-8-17(21)23(15)26;/h1-3,5,7-9,13-14,18-19,24-25H,4,6,10-12H2;1H/t18-,19-;/m1./s1. The molecule has 2 aromatic carbocycles. The number of halogens is 1. The molecule has 2 aliphatic heterocycles. The Labute approximate surface area is 165 Å².